The summed E-state index contributed by atoms with van der Waals surface area (Å²) in [5.74, 6) is 0.136. The Morgan fingerprint density at radius 2 is 2.12 bits per heavy atom. The van der Waals surface area contributed by atoms with Crippen molar-refractivity contribution in [2.45, 2.75) is 18.9 Å². The van der Waals surface area contributed by atoms with Gasteiger partial charge in [0.05, 0.1) is 25.9 Å². The van der Waals surface area contributed by atoms with Crippen LogP contribution in [0.1, 0.15) is 12.0 Å². The molecule has 1 amide bonds. The van der Waals surface area contributed by atoms with Crippen LogP contribution in [0.15, 0.2) is 24.3 Å². The Kier molecular flexibility index (Phi) is 6.39. The van der Waals surface area contributed by atoms with E-state index in [1.165, 1.54) is 6.07 Å². The zero-order chi connectivity index (χ0) is 17.6. The number of methoxy groups -OCH3 is 1. The zero-order valence-corrected chi connectivity index (χ0v) is 14.8. The van der Waals surface area contributed by atoms with Crippen molar-refractivity contribution in [1.82, 2.24) is 9.80 Å². The van der Waals surface area contributed by atoms with E-state index in [4.69, 9.17) is 9.47 Å². The summed E-state index contributed by atoms with van der Waals surface area (Å²) in [7, 11) is 1.72. The second-order valence-electron chi connectivity index (χ2n) is 6.89. The molecule has 138 valence electrons. The van der Waals surface area contributed by atoms with Gasteiger partial charge in [0, 0.05) is 39.2 Å². The molecule has 2 fully saturated rings. The van der Waals surface area contributed by atoms with Crippen molar-refractivity contribution in [1.29, 1.82) is 0 Å². The molecule has 1 aromatic carbocycles. The molecule has 0 aromatic heterocycles. The maximum Gasteiger partial charge on any atom is 0.236 e. The highest BCUT2D eigenvalue weighted by atomic mass is 19.1. The number of likely N-dealkylation sites (tertiary alicyclic amines) is 1. The van der Waals surface area contributed by atoms with Crippen molar-refractivity contribution in [3.63, 3.8) is 0 Å². The number of hydrogen-bond acceptors (Lipinski definition) is 4. The Balaban J connectivity index is 1.60. The molecule has 0 radical (unpaired) electrons. The Bertz CT molecular complexity index is 578. The number of halogens is 1. The van der Waals surface area contributed by atoms with E-state index < -0.39 is 0 Å². The van der Waals surface area contributed by atoms with Crippen LogP contribution in [0.25, 0.3) is 0 Å². The van der Waals surface area contributed by atoms with Crippen LogP contribution in [0, 0.1) is 11.7 Å². The highest BCUT2D eigenvalue weighted by molar-refractivity contribution is 5.78. The molecule has 0 spiro atoms. The molecule has 2 aliphatic rings. The van der Waals surface area contributed by atoms with E-state index >= 15 is 0 Å². The number of carbonyl (C=O) groups excluding carboxylic acids is 1. The first-order chi connectivity index (χ1) is 12.2. The highest BCUT2D eigenvalue weighted by Crippen LogP contribution is 2.24. The van der Waals surface area contributed by atoms with Crippen LogP contribution in [0.3, 0.4) is 0 Å². The molecule has 0 bridgehead atoms. The summed E-state index contributed by atoms with van der Waals surface area (Å²) in [6.07, 6.45) is 1.65. The fraction of sp³-hybridized carbons (Fsp3) is 0.632. The van der Waals surface area contributed by atoms with Crippen molar-refractivity contribution in [2.75, 3.05) is 53.0 Å². The molecule has 6 heteroatoms. The number of nitrogens with zero attached hydrogens (tertiary/aromatic N) is 2. The summed E-state index contributed by atoms with van der Waals surface area (Å²) in [6.45, 7) is 4.86. The van der Waals surface area contributed by atoms with E-state index in [9.17, 15) is 9.18 Å². The Labute approximate surface area is 148 Å². The van der Waals surface area contributed by atoms with Crippen molar-refractivity contribution in [3.05, 3.63) is 35.6 Å². The summed E-state index contributed by atoms with van der Waals surface area (Å²) < 4.78 is 24.4. The topological polar surface area (TPSA) is 42.0 Å². The lowest BCUT2D eigenvalue weighted by molar-refractivity contribution is -0.137. The van der Waals surface area contributed by atoms with E-state index in [-0.39, 0.29) is 23.7 Å². The largest absolute Gasteiger partial charge is 0.381 e. The third kappa shape index (κ3) is 5.00. The van der Waals surface area contributed by atoms with Crippen LogP contribution in [0.5, 0.6) is 0 Å². The van der Waals surface area contributed by atoms with Gasteiger partial charge in [-0.2, -0.15) is 0 Å². The lowest BCUT2D eigenvalue weighted by Gasteiger charge is -2.39. The van der Waals surface area contributed by atoms with Crippen molar-refractivity contribution < 1.29 is 18.7 Å². The molecule has 2 saturated heterocycles. The number of carbonyl (C=O) groups is 1. The third-order valence-electron chi connectivity index (χ3n) is 5.17. The van der Waals surface area contributed by atoms with Gasteiger partial charge in [-0.25, -0.2) is 4.39 Å². The second kappa shape index (κ2) is 8.74. The molecule has 0 N–H and O–H groups in total. The van der Waals surface area contributed by atoms with Crippen LogP contribution in [-0.4, -0.2) is 74.9 Å². The van der Waals surface area contributed by atoms with E-state index in [1.54, 1.807) is 19.2 Å². The van der Waals surface area contributed by atoms with Gasteiger partial charge in [0.25, 0.3) is 0 Å². The average Bonchev–Trinajstić information content (AvgIpc) is 2.62. The normalized spacial score (nSPS) is 25.1. The van der Waals surface area contributed by atoms with Crippen LogP contribution in [-0.2, 0) is 20.7 Å². The molecule has 3 rings (SSSR count). The van der Waals surface area contributed by atoms with Gasteiger partial charge in [-0.15, -0.1) is 0 Å². The zero-order valence-electron chi connectivity index (χ0n) is 14.8. The number of benzene rings is 1. The van der Waals surface area contributed by atoms with E-state index in [1.807, 2.05) is 11.0 Å². The molecule has 25 heavy (non-hydrogen) atoms. The fourth-order valence-electron chi connectivity index (χ4n) is 3.76. The molecule has 0 aliphatic carbocycles. The SMILES string of the molecule is CO[C@H]1CCN(C(=O)CN2CCOCC2)C[C@H]1Cc1cccc(F)c1. The summed E-state index contributed by atoms with van der Waals surface area (Å²) in [5, 5.41) is 0. The number of morpholine rings is 1. The number of amides is 1. The van der Waals surface area contributed by atoms with Gasteiger partial charge in [0.15, 0.2) is 0 Å². The highest BCUT2D eigenvalue weighted by Gasteiger charge is 2.32. The molecule has 5 nitrogen and oxygen atoms in total. The minimum Gasteiger partial charge on any atom is -0.381 e. The summed E-state index contributed by atoms with van der Waals surface area (Å²) in [4.78, 5) is 16.7. The van der Waals surface area contributed by atoms with E-state index in [0.29, 0.717) is 26.3 Å². The van der Waals surface area contributed by atoms with Gasteiger partial charge in [-0.3, -0.25) is 9.69 Å². The molecule has 2 atom stereocenters. The smallest absolute Gasteiger partial charge is 0.236 e. The van der Waals surface area contributed by atoms with Gasteiger partial charge in [0.1, 0.15) is 5.82 Å². The molecular weight excluding hydrogens is 323 g/mol. The minimum atomic E-state index is -0.220. The van der Waals surface area contributed by atoms with Crippen LogP contribution < -0.4 is 0 Å². The molecule has 1 aromatic rings. The maximum absolute atomic E-state index is 13.5. The van der Waals surface area contributed by atoms with E-state index in [2.05, 4.69) is 4.90 Å². The van der Waals surface area contributed by atoms with Crippen molar-refractivity contribution >= 4 is 5.91 Å². The van der Waals surface area contributed by atoms with Crippen molar-refractivity contribution in [2.24, 2.45) is 5.92 Å². The first kappa shape index (κ1) is 18.3. The van der Waals surface area contributed by atoms with Crippen molar-refractivity contribution in [3.8, 4) is 0 Å². The third-order valence-corrected chi connectivity index (χ3v) is 5.17. The summed E-state index contributed by atoms with van der Waals surface area (Å²) in [5.41, 5.74) is 0.953. The quantitative estimate of drug-likeness (QED) is 0.808. The van der Waals surface area contributed by atoms with Gasteiger partial charge in [-0.1, -0.05) is 12.1 Å². The number of ether oxygens (including phenoxy) is 2. The minimum absolute atomic E-state index is 0.107. The standard InChI is InChI=1S/C19H27FN2O3/c1-24-18-5-6-22(19(23)14-21-7-9-25-10-8-21)13-16(18)11-15-3-2-4-17(20)12-15/h2-4,12,16,18H,5-11,13-14H2,1H3/t16-,18+/m1/s1. The number of piperidine rings is 1. The molecular formula is C19H27FN2O3. The molecule has 2 heterocycles. The van der Waals surface area contributed by atoms with E-state index in [0.717, 1.165) is 38.0 Å². The predicted octanol–water partition coefficient (Wildman–Crippen LogP) is 1.56. The van der Waals surface area contributed by atoms with Crippen LogP contribution in [0.2, 0.25) is 0 Å². The van der Waals surface area contributed by atoms with Crippen LogP contribution in [0.4, 0.5) is 4.39 Å². The first-order valence-corrected chi connectivity index (χ1v) is 9.01. The molecule has 0 unspecified atom stereocenters. The summed E-state index contributed by atoms with van der Waals surface area (Å²) in [6, 6.07) is 6.69. The number of rotatable bonds is 5. The predicted molar refractivity (Wildman–Crippen MR) is 92.8 cm³/mol. The molecule has 0 saturated carbocycles. The maximum atomic E-state index is 13.5. The van der Waals surface area contributed by atoms with Gasteiger partial charge in [0.2, 0.25) is 5.91 Å². The average molecular weight is 350 g/mol. The number of hydrogen-bond donors (Lipinski definition) is 0. The monoisotopic (exact) mass is 350 g/mol. The lowest BCUT2D eigenvalue weighted by atomic mass is 9.88. The Morgan fingerprint density at radius 1 is 1.32 bits per heavy atom. The molecule has 2 aliphatic heterocycles. The Hall–Kier alpha value is -1.50. The lowest BCUT2D eigenvalue weighted by Crippen LogP contribution is -2.51. The Morgan fingerprint density at radius 3 is 2.84 bits per heavy atom. The van der Waals surface area contributed by atoms with Gasteiger partial charge < -0.3 is 14.4 Å². The summed E-state index contributed by atoms with van der Waals surface area (Å²) >= 11 is 0. The van der Waals surface area contributed by atoms with Crippen LogP contribution >= 0.6 is 0 Å². The van der Waals surface area contributed by atoms with Gasteiger partial charge in [-0.05, 0) is 30.5 Å². The fourth-order valence-corrected chi connectivity index (χ4v) is 3.76. The second-order valence-corrected chi connectivity index (χ2v) is 6.89. The van der Waals surface area contributed by atoms with Gasteiger partial charge >= 0.3 is 0 Å². The first-order valence-electron chi connectivity index (χ1n) is 9.01.